The molecule has 1 atom stereocenters. The van der Waals surface area contributed by atoms with Gasteiger partial charge in [-0.2, -0.15) is 0 Å². The van der Waals surface area contributed by atoms with Crippen LogP contribution in [0, 0.1) is 0 Å². The van der Waals surface area contributed by atoms with E-state index in [4.69, 9.17) is 10.8 Å². The SMILES string of the molecule is CSC(N)C(=O)O. The molecule has 0 saturated heterocycles. The molecule has 42 valence electrons. The first kappa shape index (κ1) is 6.78. The molecular weight excluding hydrogens is 114 g/mol. The van der Waals surface area contributed by atoms with Gasteiger partial charge in [-0.25, -0.2) is 4.79 Å². The highest BCUT2D eigenvalue weighted by atomic mass is 32.2. The summed E-state index contributed by atoms with van der Waals surface area (Å²) in [6.45, 7) is 0. The molecule has 0 aromatic carbocycles. The van der Waals surface area contributed by atoms with Gasteiger partial charge in [0, 0.05) is 0 Å². The second-order valence-corrected chi connectivity index (χ2v) is 1.97. The minimum absolute atomic E-state index is 0.764. The second-order valence-electron chi connectivity index (χ2n) is 0.995. The van der Waals surface area contributed by atoms with Crippen LogP contribution in [0.2, 0.25) is 0 Å². The van der Waals surface area contributed by atoms with Crippen molar-refractivity contribution in [1.29, 1.82) is 0 Å². The molecule has 0 aliphatic heterocycles. The summed E-state index contributed by atoms with van der Waals surface area (Å²) in [4.78, 5) is 9.78. The minimum Gasteiger partial charge on any atom is -0.479 e. The lowest BCUT2D eigenvalue weighted by Gasteiger charge is -1.96. The number of hydrogen-bond donors (Lipinski definition) is 2. The van der Waals surface area contributed by atoms with E-state index in [1.54, 1.807) is 6.26 Å². The lowest BCUT2D eigenvalue weighted by Crippen LogP contribution is -2.25. The molecule has 0 aromatic rings. The van der Waals surface area contributed by atoms with Crippen molar-refractivity contribution in [1.82, 2.24) is 0 Å². The molecule has 7 heavy (non-hydrogen) atoms. The molecular formula is C3H7NO2S. The molecule has 0 aliphatic carbocycles. The normalized spacial score (nSPS) is 13.4. The third kappa shape index (κ3) is 2.47. The predicted molar refractivity (Wildman–Crippen MR) is 29.1 cm³/mol. The predicted octanol–water partition coefficient (Wildman–Crippen LogP) is -0.281. The Hall–Kier alpha value is -0.220. The molecule has 0 amide bonds. The zero-order valence-electron chi connectivity index (χ0n) is 3.92. The van der Waals surface area contributed by atoms with E-state index in [9.17, 15) is 4.79 Å². The number of hydrogen-bond acceptors (Lipinski definition) is 3. The maximum Gasteiger partial charge on any atom is 0.330 e. The van der Waals surface area contributed by atoms with E-state index >= 15 is 0 Å². The van der Waals surface area contributed by atoms with Gasteiger partial charge in [0.05, 0.1) is 0 Å². The smallest absolute Gasteiger partial charge is 0.330 e. The maximum absolute atomic E-state index is 9.78. The Labute approximate surface area is 45.9 Å². The van der Waals surface area contributed by atoms with Crippen molar-refractivity contribution >= 4 is 17.7 Å². The van der Waals surface area contributed by atoms with Crippen LogP contribution >= 0.6 is 11.8 Å². The molecule has 1 unspecified atom stereocenters. The maximum atomic E-state index is 9.78. The van der Waals surface area contributed by atoms with Gasteiger partial charge >= 0.3 is 5.97 Å². The molecule has 3 nitrogen and oxygen atoms in total. The fraction of sp³-hybridized carbons (Fsp3) is 0.667. The van der Waals surface area contributed by atoms with Crippen LogP contribution in [0.15, 0.2) is 0 Å². The van der Waals surface area contributed by atoms with Crippen molar-refractivity contribution in [2.24, 2.45) is 5.73 Å². The lowest BCUT2D eigenvalue weighted by atomic mass is 10.7. The topological polar surface area (TPSA) is 63.3 Å². The average molecular weight is 121 g/mol. The zero-order chi connectivity index (χ0) is 5.86. The largest absolute Gasteiger partial charge is 0.479 e. The number of aliphatic carboxylic acids is 1. The Balaban J connectivity index is 3.34. The Morgan fingerprint density at radius 3 is 2.43 bits per heavy atom. The fourth-order valence-electron chi connectivity index (χ4n) is 0.101. The van der Waals surface area contributed by atoms with Gasteiger partial charge in [-0.05, 0) is 6.26 Å². The summed E-state index contributed by atoms with van der Waals surface area (Å²) in [5.74, 6) is -0.965. The Morgan fingerprint density at radius 1 is 2.00 bits per heavy atom. The highest BCUT2D eigenvalue weighted by Gasteiger charge is 2.06. The van der Waals surface area contributed by atoms with E-state index in [1.807, 2.05) is 0 Å². The van der Waals surface area contributed by atoms with Crippen LogP contribution in [0.1, 0.15) is 0 Å². The summed E-state index contributed by atoms with van der Waals surface area (Å²) < 4.78 is 0. The highest BCUT2D eigenvalue weighted by Crippen LogP contribution is 1.96. The van der Waals surface area contributed by atoms with Gasteiger partial charge in [0.15, 0.2) is 0 Å². The van der Waals surface area contributed by atoms with Crippen LogP contribution in [0.4, 0.5) is 0 Å². The van der Waals surface area contributed by atoms with Crippen molar-refractivity contribution in [3.05, 3.63) is 0 Å². The first-order valence-corrected chi connectivity index (χ1v) is 2.98. The average Bonchev–Trinajstić information content (AvgIpc) is 1.65. The van der Waals surface area contributed by atoms with Crippen molar-refractivity contribution in [3.63, 3.8) is 0 Å². The molecule has 4 heteroatoms. The Morgan fingerprint density at radius 2 is 2.43 bits per heavy atom. The van der Waals surface area contributed by atoms with Crippen LogP contribution in [0.3, 0.4) is 0 Å². The molecule has 0 bridgehead atoms. The monoisotopic (exact) mass is 121 g/mol. The van der Waals surface area contributed by atoms with E-state index < -0.39 is 11.3 Å². The van der Waals surface area contributed by atoms with Crippen LogP contribution in [0.5, 0.6) is 0 Å². The van der Waals surface area contributed by atoms with Gasteiger partial charge in [0.25, 0.3) is 0 Å². The zero-order valence-corrected chi connectivity index (χ0v) is 4.73. The van der Waals surface area contributed by atoms with Crippen LogP contribution in [0.25, 0.3) is 0 Å². The third-order valence-electron chi connectivity index (χ3n) is 0.497. The van der Waals surface area contributed by atoms with E-state index in [0.717, 1.165) is 11.8 Å². The number of carboxylic acid groups (broad SMARTS) is 1. The molecule has 0 heterocycles. The van der Waals surface area contributed by atoms with Crippen molar-refractivity contribution < 1.29 is 9.90 Å². The molecule has 0 radical (unpaired) electrons. The summed E-state index contributed by atoms with van der Waals surface area (Å²) in [5, 5.41) is 7.27. The summed E-state index contributed by atoms with van der Waals surface area (Å²) >= 11 is 1.11. The molecule has 0 aromatic heterocycles. The number of carboxylic acids is 1. The molecule has 0 aliphatic rings. The number of rotatable bonds is 2. The van der Waals surface area contributed by atoms with Crippen molar-refractivity contribution in [2.45, 2.75) is 5.37 Å². The lowest BCUT2D eigenvalue weighted by molar-refractivity contribution is -0.136. The molecule has 0 spiro atoms. The number of carbonyl (C=O) groups is 1. The van der Waals surface area contributed by atoms with Gasteiger partial charge < -0.3 is 10.8 Å². The Bertz CT molecular complexity index is 75.3. The molecule has 0 fully saturated rings. The number of thioether (sulfide) groups is 1. The van der Waals surface area contributed by atoms with Crippen LogP contribution in [-0.2, 0) is 4.79 Å². The van der Waals surface area contributed by atoms with Crippen LogP contribution < -0.4 is 5.73 Å². The summed E-state index contributed by atoms with van der Waals surface area (Å²) in [6, 6.07) is 0. The summed E-state index contributed by atoms with van der Waals surface area (Å²) in [7, 11) is 0. The standard InChI is InChI=1S/C3H7NO2S/c1-7-2(4)3(5)6/h2H,4H2,1H3,(H,5,6). The molecule has 0 saturated carbocycles. The number of nitrogens with two attached hydrogens (primary N) is 1. The van der Waals surface area contributed by atoms with Gasteiger partial charge in [0.1, 0.15) is 5.37 Å². The van der Waals surface area contributed by atoms with E-state index in [2.05, 4.69) is 0 Å². The van der Waals surface area contributed by atoms with Crippen molar-refractivity contribution in [3.8, 4) is 0 Å². The second kappa shape index (κ2) is 2.87. The highest BCUT2D eigenvalue weighted by molar-refractivity contribution is 7.99. The Kier molecular flexibility index (Phi) is 2.78. The fourth-order valence-corrected chi connectivity index (χ4v) is 0.302. The summed E-state index contributed by atoms with van der Waals surface area (Å²) in [5.41, 5.74) is 4.98. The first-order chi connectivity index (χ1) is 3.18. The van der Waals surface area contributed by atoms with Gasteiger partial charge in [-0.1, -0.05) is 0 Å². The quantitative estimate of drug-likeness (QED) is 0.493. The van der Waals surface area contributed by atoms with Gasteiger partial charge in [-0.15, -0.1) is 11.8 Å². The molecule has 3 N–H and O–H groups in total. The van der Waals surface area contributed by atoms with Gasteiger partial charge in [0.2, 0.25) is 0 Å². The molecule has 0 rings (SSSR count). The van der Waals surface area contributed by atoms with E-state index in [0.29, 0.717) is 0 Å². The van der Waals surface area contributed by atoms with Gasteiger partial charge in [-0.3, -0.25) is 0 Å². The summed E-state index contributed by atoms with van der Waals surface area (Å²) in [6.07, 6.45) is 1.65. The first-order valence-electron chi connectivity index (χ1n) is 1.69. The van der Waals surface area contributed by atoms with E-state index in [-0.39, 0.29) is 0 Å². The third-order valence-corrected chi connectivity index (χ3v) is 1.21. The van der Waals surface area contributed by atoms with E-state index in [1.165, 1.54) is 0 Å². The van der Waals surface area contributed by atoms with Crippen molar-refractivity contribution in [2.75, 3.05) is 6.26 Å². The van der Waals surface area contributed by atoms with Crippen LogP contribution in [-0.4, -0.2) is 22.7 Å². The minimum atomic E-state index is -0.965.